The second kappa shape index (κ2) is 9.13. The third kappa shape index (κ3) is 5.00. The van der Waals surface area contributed by atoms with Crippen molar-refractivity contribution in [1.29, 1.82) is 0 Å². The van der Waals surface area contributed by atoms with Crippen molar-refractivity contribution < 1.29 is 18.0 Å². The van der Waals surface area contributed by atoms with Gasteiger partial charge >= 0.3 is 11.8 Å². The Hall–Kier alpha value is -3.17. The molecule has 0 saturated heterocycles. The van der Waals surface area contributed by atoms with Gasteiger partial charge < -0.3 is 10.6 Å². The average molecular weight is 473 g/mol. The maximum Gasteiger partial charge on any atom is 0.314 e. The summed E-state index contributed by atoms with van der Waals surface area (Å²) in [5.41, 5.74) is 2.43. The fourth-order valence-corrected chi connectivity index (χ4v) is 5.23. The number of aromatic nitrogens is 2. The highest BCUT2D eigenvalue weighted by Gasteiger charge is 2.33. The van der Waals surface area contributed by atoms with Crippen LogP contribution in [0.1, 0.15) is 23.2 Å². The van der Waals surface area contributed by atoms with Gasteiger partial charge in [-0.2, -0.15) is 5.10 Å². The Kier molecular flexibility index (Phi) is 6.29. The highest BCUT2D eigenvalue weighted by atomic mass is 35.5. The third-order valence-corrected chi connectivity index (χ3v) is 6.73. The topological polar surface area (TPSA) is 110 Å². The SMILES string of the molecule is O=C(NCCCc1ccccc1)C(=O)Nc1c2c(nn1-c1cccc(Cl)c1)CS(=O)(=O)C2. The number of hydrogen-bond acceptors (Lipinski definition) is 5. The van der Waals surface area contributed by atoms with Crippen LogP contribution in [0.2, 0.25) is 5.02 Å². The monoisotopic (exact) mass is 472 g/mol. The number of halogens is 1. The molecule has 0 atom stereocenters. The Morgan fingerprint density at radius 1 is 1.03 bits per heavy atom. The molecule has 0 aliphatic carbocycles. The highest BCUT2D eigenvalue weighted by molar-refractivity contribution is 7.90. The van der Waals surface area contributed by atoms with Crippen molar-refractivity contribution in [1.82, 2.24) is 15.1 Å². The minimum atomic E-state index is -3.35. The molecule has 1 aromatic heterocycles. The quantitative estimate of drug-likeness (QED) is 0.423. The van der Waals surface area contributed by atoms with Gasteiger partial charge in [-0.1, -0.05) is 48.0 Å². The maximum absolute atomic E-state index is 12.5. The number of hydrogen-bond donors (Lipinski definition) is 2. The van der Waals surface area contributed by atoms with Crippen LogP contribution in [0.15, 0.2) is 54.6 Å². The summed E-state index contributed by atoms with van der Waals surface area (Å²) >= 11 is 6.07. The van der Waals surface area contributed by atoms with Gasteiger partial charge in [0.2, 0.25) is 0 Å². The van der Waals surface area contributed by atoms with E-state index in [1.165, 1.54) is 4.68 Å². The van der Waals surface area contributed by atoms with Gasteiger partial charge in [-0.15, -0.1) is 0 Å². The molecule has 2 aromatic carbocycles. The van der Waals surface area contributed by atoms with Gasteiger partial charge in [0.1, 0.15) is 5.82 Å². The molecular formula is C22H21ClN4O4S. The fraction of sp³-hybridized carbons (Fsp3) is 0.227. The first-order chi connectivity index (χ1) is 15.3. The van der Waals surface area contributed by atoms with Crippen LogP contribution in [-0.2, 0) is 37.4 Å². The smallest absolute Gasteiger partial charge is 0.314 e. The van der Waals surface area contributed by atoms with Gasteiger partial charge in [-0.05, 0) is 36.6 Å². The predicted molar refractivity (Wildman–Crippen MR) is 121 cm³/mol. The number of anilines is 1. The van der Waals surface area contributed by atoms with E-state index in [1.807, 2.05) is 30.3 Å². The maximum atomic E-state index is 12.5. The van der Waals surface area contributed by atoms with Crippen molar-refractivity contribution >= 4 is 39.1 Å². The summed E-state index contributed by atoms with van der Waals surface area (Å²) in [6.45, 7) is 0.335. The minimum absolute atomic E-state index is 0.160. The van der Waals surface area contributed by atoms with Gasteiger partial charge in [0.25, 0.3) is 0 Å². The zero-order valence-corrected chi connectivity index (χ0v) is 18.6. The number of benzene rings is 2. The van der Waals surface area contributed by atoms with E-state index in [0.717, 1.165) is 12.0 Å². The molecule has 166 valence electrons. The number of rotatable bonds is 6. The number of carbonyl (C=O) groups excluding carboxylic acids is 2. The van der Waals surface area contributed by atoms with E-state index in [-0.39, 0.29) is 17.3 Å². The summed E-state index contributed by atoms with van der Waals surface area (Å²) in [5, 5.41) is 9.95. The molecule has 1 aliphatic heterocycles. The van der Waals surface area contributed by atoms with E-state index >= 15 is 0 Å². The lowest BCUT2D eigenvalue weighted by Crippen LogP contribution is -2.36. The van der Waals surface area contributed by atoms with Gasteiger partial charge in [0.15, 0.2) is 9.84 Å². The fourth-order valence-electron chi connectivity index (χ4n) is 3.55. The van der Waals surface area contributed by atoms with Crippen LogP contribution in [0.4, 0.5) is 5.82 Å². The molecule has 2 amide bonds. The lowest BCUT2D eigenvalue weighted by Gasteiger charge is -2.11. The number of aryl methyl sites for hydroxylation is 1. The number of carbonyl (C=O) groups is 2. The summed E-state index contributed by atoms with van der Waals surface area (Å²) in [5.74, 6) is -2.00. The molecule has 0 fully saturated rings. The standard InChI is InChI=1S/C22H21ClN4O4S/c23-16-9-4-10-17(12-16)27-20(18-13-32(30,31)14-19(18)26-27)25-22(29)21(28)24-11-5-8-15-6-2-1-3-7-15/h1-4,6-7,9-10,12H,5,8,11,13-14H2,(H,24,28)(H,25,29). The molecule has 0 radical (unpaired) electrons. The molecule has 1 aliphatic rings. The molecule has 32 heavy (non-hydrogen) atoms. The molecule has 0 unspecified atom stereocenters. The number of amides is 2. The molecular weight excluding hydrogens is 452 g/mol. The molecule has 8 nitrogen and oxygen atoms in total. The van der Waals surface area contributed by atoms with E-state index in [0.29, 0.717) is 34.9 Å². The van der Waals surface area contributed by atoms with Crippen LogP contribution in [-0.4, -0.2) is 36.6 Å². The zero-order chi connectivity index (χ0) is 22.7. The highest BCUT2D eigenvalue weighted by Crippen LogP contribution is 2.33. The van der Waals surface area contributed by atoms with Crippen molar-refractivity contribution in [3.05, 3.63) is 76.4 Å². The Morgan fingerprint density at radius 2 is 1.81 bits per heavy atom. The number of sulfone groups is 1. The second-order valence-electron chi connectivity index (χ2n) is 7.50. The lowest BCUT2D eigenvalue weighted by molar-refractivity contribution is -0.136. The number of nitrogens with one attached hydrogen (secondary N) is 2. The Morgan fingerprint density at radius 3 is 2.56 bits per heavy atom. The van der Waals surface area contributed by atoms with Crippen LogP contribution in [0.25, 0.3) is 5.69 Å². The van der Waals surface area contributed by atoms with Crippen LogP contribution < -0.4 is 10.6 Å². The summed E-state index contributed by atoms with van der Waals surface area (Å²) < 4.78 is 25.5. The van der Waals surface area contributed by atoms with Crippen molar-refractivity contribution in [3.8, 4) is 5.69 Å². The van der Waals surface area contributed by atoms with Crippen molar-refractivity contribution in [2.45, 2.75) is 24.3 Å². The van der Waals surface area contributed by atoms with Crippen molar-refractivity contribution in [2.75, 3.05) is 11.9 Å². The molecule has 0 spiro atoms. The third-order valence-electron chi connectivity index (χ3n) is 5.05. The molecule has 3 aromatic rings. The largest absolute Gasteiger partial charge is 0.348 e. The van der Waals surface area contributed by atoms with Crippen LogP contribution in [0.5, 0.6) is 0 Å². The van der Waals surface area contributed by atoms with E-state index in [1.54, 1.807) is 24.3 Å². The number of nitrogens with zero attached hydrogens (tertiary/aromatic N) is 2. The molecule has 10 heteroatoms. The van der Waals surface area contributed by atoms with Crippen LogP contribution >= 0.6 is 11.6 Å². The summed E-state index contributed by atoms with van der Waals surface area (Å²) in [6.07, 6.45) is 1.45. The summed E-state index contributed by atoms with van der Waals surface area (Å²) in [7, 11) is -3.35. The molecule has 2 N–H and O–H groups in total. The van der Waals surface area contributed by atoms with Gasteiger partial charge in [-0.3, -0.25) is 9.59 Å². The second-order valence-corrected chi connectivity index (χ2v) is 10.00. The van der Waals surface area contributed by atoms with E-state index in [9.17, 15) is 18.0 Å². The Bertz CT molecular complexity index is 1270. The first-order valence-corrected chi connectivity index (χ1v) is 12.2. The molecule has 2 heterocycles. The normalized spacial score (nSPS) is 14.0. The average Bonchev–Trinajstić information content (AvgIpc) is 3.24. The van der Waals surface area contributed by atoms with Gasteiger partial charge in [-0.25, -0.2) is 13.1 Å². The van der Waals surface area contributed by atoms with Gasteiger partial charge in [0, 0.05) is 17.1 Å². The van der Waals surface area contributed by atoms with Crippen LogP contribution in [0.3, 0.4) is 0 Å². The zero-order valence-electron chi connectivity index (χ0n) is 17.0. The Balaban J connectivity index is 1.46. The van der Waals surface area contributed by atoms with Crippen molar-refractivity contribution in [3.63, 3.8) is 0 Å². The van der Waals surface area contributed by atoms with Crippen LogP contribution in [0, 0.1) is 0 Å². The summed E-state index contributed by atoms with van der Waals surface area (Å²) in [6, 6.07) is 16.6. The number of fused-ring (bicyclic) bond motifs is 1. The van der Waals surface area contributed by atoms with Gasteiger partial charge in [0.05, 0.1) is 22.9 Å². The molecule has 0 bridgehead atoms. The Labute approximate surface area is 190 Å². The summed E-state index contributed by atoms with van der Waals surface area (Å²) in [4.78, 5) is 24.9. The van der Waals surface area contributed by atoms with E-state index in [4.69, 9.17) is 11.6 Å². The van der Waals surface area contributed by atoms with E-state index in [2.05, 4.69) is 15.7 Å². The molecule has 4 rings (SSSR count). The minimum Gasteiger partial charge on any atom is -0.348 e. The first-order valence-electron chi connectivity index (χ1n) is 10.0. The first kappa shape index (κ1) is 22.0. The van der Waals surface area contributed by atoms with E-state index < -0.39 is 21.7 Å². The molecule has 0 saturated carbocycles. The lowest BCUT2D eigenvalue weighted by atomic mass is 10.1. The predicted octanol–water partition coefficient (Wildman–Crippen LogP) is 2.64. The van der Waals surface area contributed by atoms with Crippen molar-refractivity contribution in [2.24, 2.45) is 0 Å².